The second-order valence-electron chi connectivity index (χ2n) is 0. The van der Waals surface area contributed by atoms with Gasteiger partial charge in [-0.2, -0.15) is 0 Å². The van der Waals surface area contributed by atoms with Gasteiger partial charge in [-0.3, -0.25) is 0 Å². The Morgan fingerprint density at radius 3 is 1.00 bits per heavy atom. The minimum absolute atomic E-state index is 0. The molecule has 0 aliphatic carbocycles. The van der Waals surface area contributed by atoms with Crippen molar-refractivity contribution in [3.63, 3.8) is 0 Å². The van der Waals surface area contributed by atoms with Crippen molar-refractivity contribution in [2.75, 3.05) is 0 Å². The van der Waals surface area contributed by atoms with E-state index in [2.05, 4.69) is 0 Å². The molecule has 0 bridgehead atoms. The van der Waals surface area contributed by atoms with Crippen molar-refractivity contribution in [2.45, 2.75) is 0 Å². The maximum absolute atomic E-state index is 0. The molecule has 0 aliphatic rings. The molecule has 0 spiro atoms. The van der Waals surface area contributed by atoms with Gasteiger partial charge in [-0.25, -0.2) is 0 Å². The van der Waals surface area contributed by atoms with Crippen LogP contribution in [-0.4, -0.2) is 0 Å². The van der Waals surface area contributed by atoms with Gasteiger partial charge in [0, 0.05) is 0 Å². The number of rotatable bonds is 0. The predicted octanol–water partition coefficient (Wildman–Crippen LogP) is -3.12. The third-order valence-corrected chi connectivity index (χ3v) is 0. The molecule has 1 nitrogen and oxygen atoms in total. The minimum atomic E-state index is 0. The van der Waals surface area contributed by atoms with Crippen LogP contribution in [0.25, 0.3) is 0 Å². The quantitative estimate of drug-likeness (QED) is 0.310. The Labute approximate surface area is 62.5 Å². The molecule has 0 aromatic rings. The summed E-state index contributed by atoms with van der Waals surface area (Å²) in [6.07, 6.45) is 0. The van der Waals surface area contributed by atoms with E-state index in [-0.39, 0.29) is 62.8 Å². The van der Waals surface area contributed by atoms with Gasteiger partial charge < -0.3 is 5.48 Å². The van der Waals surface area contributed by atoms with Gasteiger partial charge in [0.05, 0.1) is 0 Å². The Morgan fingerprint density at radius 2 is 1.00 bits per heavy atom. The molecule has 1 radical (unpaired) electrons. The van der Waals surface area contributed by atoms with E-state index < -0.39 is 0 Å². The molecule has 0 amide bonds. The maximum Gasteiger partial charge on any atom is 4.00 e. The minimum Gasteiger partial charge on any atom is -2.00 e. The molecule has 0 saturated carbocycles. The normalized spacial score (nSPS) is 0. The average Bonchev–Trinajstić information content (AvgIpc) is 0. The molecule has 0 N–H and O–H groups in total. The van der Waals surface area contributed by atoms with E-state index in [0.717, 1.165) is 0 Å². The van der Waals surface area contributed by atoms with Crippen molar-refractivity contribution in [1.82, 2.24) is 0 Å². The average molecular weight is 130 g/mol. The van der Waals surface area contributed by atoms with Crippen LogP contribution in [0.1, 0.15) is 0 Å². The van der Waals surface area contributed by atoms with Gasteiger partial charge >= 0.3 is 57.4 Å². The third kappa shape index (κ3) is 9.22. The molecular weight excluding hydrogens is 130 g/mol. The van der Waals surface area contributed by atoms with Crippen LogP contribution >= 0.6 is 0 Å². The fourth-order valence-corrected chi connectivity index (χ4v) is 0. The molecule has 0 fully saturated rings. The Balaban J connectivity index is 0. The zero-order valence-corrected chi connectivity index (χ0v) is 4.84. The van der Waals surface area contributed by atoms with Crippen LogP contribution in [-0.2, 0) is 44.0 Å². The van der Waals surface area contributed by atoms with E-state index in [9.17, 15) is 0 Å². The zero-order valence-electron chi connectivity index (χ0n) is 2.24. The van der Waals surface area contributed by atoms with Crippen LogP contribution < -0.4 is 18.9 Å². The SMILES string of the molecule is [Co+2].[Li+].[O-2].[Ti+4]. The first-order valence-corrected chi connectivity index (χ1v) is 0. The molecule has 0 rings (SSSR count). The first-order chi connectivity index (χ1) is 0. The third-order valence-electron chi connectivity index (χ3n) is 0. The fraction of sp³-hybridized carbons (Fsp3) is 0. The largest absolute Gasteiger partial charge is 4.00 e. The van der Waals surface area contributed by atoms with E-state index in [4.69, 9.17) is 0 Å². The van der Waals surface area contributed by atoms with Gasteiger partial charge in [-0.05, 0) is 0 Å². The van der Waals surface area contributed by atoms with Crippen molar-refractivity contribution in [3.05, 3.63) is 0 Å². The van der Waals surface area contributed by atoms with Crippen LogP contribution in [0.15, 0.2) is 0 Å². The molecule has 0 aromatic carbocycles. The summed E-state index contributed by atoms with van der Waals surface area (Å²) in [5, 5.41) is 0. The monoisotopic (exact) mass is 130 g/mol. The first-order valence-electron chi connectivity index (χ1n) is 0. The van der Waals surface area contributed by atoms with Crippen molar-refractivity contribution >= 4 is 0 Å². The molecule has 4 heteroatoms. The van der Waals surface area contributed by atoms with E-state index in [1.165, 1.54) is 0 Å². The molecular formula is CoLiOTi+5. The summed E-state index contributed by atoms with van der Waals surface area (Å²) in [5.41, 5.74) is 0. The van der Waals surface area contributed by atoms with Gasteiger partial charge in [0.2, 0.25) is 0 Å². The Morgan fingerprint density at radius 1 is 1.00 bits per heavy atom. The standard InChI is InChI=1S/Co.Li.O.Ti/q+2;+1;-2;+4. The molecule has 0 heterocycles. The Bertz CT molecular complexity index is 8.00. The zero-order chi connectivity index (χ0) is 0. The second kappa shape index (κ2) is 21.6. The summed E-state index contributed by atoms with van der Waals surface area (Å²) >= 11 is 0. The molecule has 4 heavy (non-hydrogen) atoms. The van der Waals surface area contributed by atoms with Gasteiger partial charge in [0.25, 0.3) is 0 Å². The van der Waals surface area contributed by atoms with Crippen LogP contribution in [0.3, 0.4) is 0 Å². The molecule has 15 valence electrons. The number of hydrogen-bond acceptors (Lipinski definition) is 0. The topological polar surface area (TPSA) is 28.5 Å². The van der Waals surface area contributed by atoms with E-state index >= 15 is 0 Å². The van der Waals surface area contributed by atoms with Crippen molar-refractivity contribution in [1.29, 1.82) is 0 Å². The fourth-order valence-electron chi connectivity index (χ4n) is 0. The van der Waals surface area contributed by atoms with Crippen LogP contribution in [0.2, 0.25) is 0 Å². The predicted molar refractivity (Wildman–Crippen MR) is 0.686 cm³/mol. The smallest absolute Gasteiger partial charge is 2.00 e. The maximum atomic E-state index is 0. The first kappa shape index (κ1) is 41.7. The van der Waals surface area contributed by atoms with Gasteiger partial charge in [0.15, 0.2) is 0 Å². The molecule has 0 aromatic heterocycles. The van der Waals surface area contributed by atoms with E-state index in [0.29, 0.717) is 0 Å². The van der Waals surface area contributed by atoms with Crippen LogP contribution in [0.4, 0.5) is 0 Å². The van der Waals surface area contributed by atoms with Gasteiger partial charge in [0.1, 0.15) is 0 Å². The summed E-state index contributed by atoms with van der Waals surface area (Å²) in [6.45, 7) is 0. The summed E-state index contributed by atoms with van der Waals surface area (Å²) in [7, 11) is 0. The molecule has 0 saturated heterocycles. The molecule has 0 aliphatic heterocycles. The van der Waals surface area contributed by atoms with E-state index in [1.54, 1.807) is 0 Å². The van der Waals surface area contributed by atoms with Gasteiger partial charge in [-0.1, -0.05) is 0 Å². The Kier molecular flexibility index (Phi) is 225. The van der Waals surface area contributed by atoms with Crippen molar-refractivity contribution < 1.29 is 62.8 Å². The summed E-state index contributed by atoms with van der Waals surface area (Å²) in [5.74, 6) is 0. The van der Waals surface area contributed by atoms with E-state index in [1.807, 2.05) is 0 Å². The summed E-state index contributed by atoms with van der Waals surface area (Å²) in [6, 6.07) is 0. The van der Waals surface area contributed by atoms with Crippen LogP contribution in [0.5, 0.6) is 0 Å². The molecule has 0 atom stereocenters. The van der Waals surface area contributed by atoms with Crippen molar-refractivity contribution in [2.24, 2.45) is 0 Å². The number of hydrogen-bond donors (Lipinski definition) is 0. The second-order valence-corrected chi connectivity index (χ2v) is 0. The van der Waals surface area contributed by atoms with Crippen LogP contribution in [0, 0.1) is 0 Å². The summed E-state index contributed by atoms with van der Waals surface area (Å²) < 4.78 is 0. The van der Waals surface area contributed by atoms with Crippen molar-refractivity contribution in [3.8, 4) is 0 Å². The van der Waals surface area contributed by atoms with Gasteiger partial charge in [-0.15, -0.1) is 0 Å². The Hall–Kier alpha value is 1.78. The molecule has 0 unspecified atom stereocenters. The summed E-state index contributed by atoms with van der Waals surface area (Å²) in [4.78, 5) is 0.